The van der Waals surface area contributed by atoms with Crippen LogP contribution in [0.4, 0.5) is 0 Å². The van der Waals surface area contributed by atoms with Crippen molar-refractivity contribution in [3.8, 4) is 0 Å². The summed E-state index contributed by atoms with van der Waals surface area (Å²) in [5, 5.41) is 22.5. The van der Waals surface area contributed by atoms with Crippen LogP contribution in [-0.4, -0.2) is 58.3 Å². The summed E-state index contributed by atoms with van der Waals surface area (Å²) in [5.41, 5.74) is -3.99. The van der Waals surface area contributed by atoms with Gasteiger partial charge in [0.25, 0.3) is 0 Å². The molecule has 6 aliphatic rings. The number of hydrogen-bond acceptors (Lipinski definition) is 7. The van der Waals surface area contributed by atoms with Gasteiger partial charge < -0.3 is 19.7 Å². The number of rotatable bonds is 1. The SMILES string of the molecule is C=C1[C@@H](OC(C)=O)[C@]23C[C@@]1(O)CC[C@H]2[C@]12CO[C@@H](CC1=O)C(C)(C)[C@H]2[C@H](O)C3=O. The molecule has 0 aromatic heterocycles. The molecule has 0 radical (unpaired) electrons. The van der Waals surface area contributed by atoms with Gasteiger partial charge >= 0.3 is 5.97 Å². The number of fused-ring (bicyclic) bond motifs is 3. The lowest BCUT2D eigenvalue weighted by Gasteiger charge is -2.68. The zero-order chi connectivity index (χ0) is 21.1. The zero-order valence-electron chi connectivity index (χ0n) is 17.1. The Morgan fingerprint density at radius 1 is 1.28 bits per heavy atom. The molecule has 2 saturated heterocycles. The van der Waals surface area contributed by atoms with Crippen LogP contribution in [0.5, 0.6) is 0 Å². The molecular formula is C22H28O7. The fourth-order valence-corrected chi connectivity index (χ4v) is 7.86. The summed E-state index contributed by atoms with van der Waals surface area (Å²) < 4.78 is 11.7. The predicted molar refractivity (Wildman–Crippen MR) is 99.5 cm³/mol. The van der Waals surface area contributed by atoms with Crippen LogP contribution in [0.1, 0.15) is 46.5 Å². The van der Waals surface area contributed by atoms with Crippen molar-refractivity contribution in [1.29, 1.82) is 0 Å². The molecule has 4 aliphatic carbocycles. The lowest BCUT2D eigenvalue weighted by Crippen LogP contribution is -2.77. The van der Waals surface area contributed by atoms with Crippen molar-refractivity contribution in [3.05, 3.63) is 12.2 Å². The van der Waals surface area contributed by atoms with E-state index in [1.165, 1.54) is 6.92 Å². The van der Waals surface area contributed by atoms with E-state index in [2.05, 4.69) is 6.58 Å². The number of hydrogen-bond donors (Lipinski definition) is 2. The molecule has 2 aliphatic heterocycles. The molecule has 29 heavy (non-hydrogen) atoms. The Balaban J connectivity index is 1.75. The van der Waals surface area contributed by atoms with Crippen molar-refractivity contribution in [2.24, 2.45) is 28.1 Å². The molecule has 158 valence electrons. The third kappa shape index (κ3) is 1.93. The van der Waals surface area contributed by atoms with Crippen molar-refractivity contribution >= 4 is 17.5 Å². The number of ketones is 2. The minimum absolute atomic E-state index is 0.0125. The molecule has 2 heterocycles. The fraction of sp³-hybridized carbons (Fsp3) is 0.773. The maximum atomic E-state index is 13.8. The van der Waals surface area contributed by atoms with E-state index in [0.717, 1.165) is 0 Å². The average molecular weight is 404 g/mol. The first-order valence-electron chi connectivity index (χ1n) is 10.4. The van der Waals surface area contributed by atoms with E-state index in [1.807, 2.05) is 13.8 Å². The van der Waals surface area contributed by atoms with E-state index in [9.17, 15) is 24.6 Å². The second-order valence-electron chi connectivity index (χ2n) is 10.4. The summed E-state index contributed by atoms with van der Waals surface area (Å²) in [6.45, 7) is 9.29. The summed E-state index contributed by atoms with van der Waals surface area (Å²) in [5.74, 6) is -2.05. The Kier molecular flexibility index (Phi) is 3.59. The zero-order valence-corrected chi connectivity index (χ0v) is 17.1. The lowest BCUT2D eigenvalue weighted by molar-refractivity contribution is -0.277. The second-order valence-corrected chi connectivity index (χ2v) is 10.4. The summed E-state index contributed by atoms with van der Waals surface area (Å²) in [4.78, 5) is 39.2. The Morgan fingerprint density at radius 3 is 2.59 bits per heavy atom. The molecule has 4 bridgehead atoms. The van der Waals surface area contributed by atoms with Gasteiger partial charge in [-0.05, 0) is 36.2 Å². The van der Waals surface area contributed by atoms with Crippen molar-refractivity contribution in [1.82, 2.24) is 0 Å². The molecule has 2 spiro atoms. The highest BCUT2D eigenvalue weighted by Gasteiger charge is 2.81. The van der Waals surface area contributed by atoms with Crippen molar-refractivity contribution < 1.29 is 34.1 Å². The van der Waals surface area contributed by atoms with Crippen molar-refractivity contribution in [2.75, 3.05) is 6.61 Å². The summed E-state index contributed by atoms with van der Waals surface area (Å²) in [6, 6.07) is 0. The Labute approximate surface area is 169 Å². The quantitative estimate of drug-likeness (QED) is 0.495. The van der Waals surface area contributed by atoms with E-state index in [0.29, 0.717) is 18.4 Å². The number of esters is 1. The van der Waals surface area contributed by atoms with Gasteiger partial charge in [0.1, 0.15) is 18.0 Å². The van der Waals surface area contributed by atoms with Gasteiger partial charge in [0.15, 0.2) is 5.78 Å². The first kappa shape index (κ1) is 19.4. The second kappa shape index (κ2) is 5.37. The normalized spacial score (nSPS) is 52.2. The molecule has 7 heteroatoms. The highest BCUT2D eigenvalue weighted by Crippen LogP contribution is 2.73. The number of ether oxygens (including phenoxy) is 2. The minimum atomic E-state index is -1.39. The van der Waals surface area contributed by atoms with E-state index in [-0.39, 0.29) is 31.3 Å². The number of carbonyl (C=O) groups is 3. The van der Waals surface area contributed by atoms with E-state index in [4.69, 9.17) is 9.47 Å². The average Bonchev–Trinajstić information content (AvgIpc) is 2.79. The molecule has 6 fully saturated rings. The Morgan fingerprint density at radius 2 is 1.97 bits per heavy atom. The highest BCUT2D eigenvalue weighted by atomic mass is 16.5. The molecule has 8 atom stereocenters. The van der Waals surface area contributed by atoms with Crippen LogP contribution >= 0.6 is 0 Å². The van der Waals surface area contributed by atoms with Crippen LogP contribution in [0.3, 0.4) is 0 Å². The Hall–Kier alpha value is -1.57. The number of Topliss-reactive ketones (excluding diaryl/α,β-unsaturated/α-hetero) is 2. The fourth-order valence-electron chi connectivity index (χ4n) is 7.86. The lowest BCUT2D eigenvalue weighted by atomic mass is 9.37. The van der Waals surface area contributed by atoms with Gasteiger partial charge in [-0.15, -0.1) is 0 Å². The van der Waals surface area contributed by atoms with Gasteiger partial charge in [-0.1, -0.05) is 20.4 Å². The number of aliphatic hydroxyl groups is 2. The van der Waals surface area contributed by atoms with Crippen LogP contribution in [0.15, 0.2) is 12.2 Å². The van der Waals surface area contributed by atoms with Gasteiger partial charge in [0.2, 0.25) is 0 Å². The molecule has 7 nitrogen and oxygen atoms in total. The standard InChI is InChI=1S/C22H28O7/c1-10-18(29-11(2)23)21-8-20(10,27)6-5-12(21)22-9-28-14(7-13(22)24)19(3,4)16(22)15(25)17(21)26/h12,14-16,18,25,27H,1,5-9H2,2-4H3/t12-,14+,15+,16-,18-,20+,21-,22-/m1/s1. The monoisotopic (exact) mass is 404 g/mol. The third-order valence-electron chi connectivity index (χ3n) is 8.98. The van der Waals surface area contributed by atoms with Crippen LogP contribution in [0, 0.1) is 28.1 Å². The minimum Gasteiger partial charge on any atom is -0.457 e. The van der Waals surface area contributed by atoms with Gasteiger partial charge in [-0.25, -0.2) is 0 Å². The van der Waals surface area contributed by atoms with Crippen LogP contribution in [-0.2, 0) is 23.9 Å². The number of aliphatic hydroxyl groups excluding tert-OH is 1. The first-order chi connectivity index (χ1) is 13.4. The van der Waals surface area contributed by atoms with Gasteiger partial charge in [0, 0.05) is 19.3 Å². The van der Waals surface area contributed by atoms with Crippen molar-refractivity contribution in [2.45, 2.75) is 70.4 Å². The highest BCUT2D eigenvalue weighted by molar-refractivity contribution is 5.99. The summed E-state index contributed by atoms with van der Waals surface area (Å²) in [6.07, 6.45) is -1.75. The summed E-state index contributed by atoms with van der Waals surface area (Å²) >= 11 is 0. The smallest absolute Gasteiger partial charge is 0.303 e. The summed E-state index contributed by atoms with van der Waals surface area (Å²) in [7, 11) is 0. The van der Waals surface area contributed by atoms with E-state index >= 15 is 0 Å². The van der Waals surface area contributed by atoms with Crippen LogP contribution in [0.25, 0.3) is 0 Å². The number of carbonyl (C=O) groups excluding carboxylic acids is 3. The first-order valence-corrected chi connectivity index (χ1v) is 10.4. The molecule has 0 amide bonds. The predicted octanol–water partition coefficient (Wildman–Crippen LogP) is 0.949. The van der Waals surface area contributed by atoms with Crippen LogP contribution < -0.4 is 0 Å². The molecule has 0 aromatic carbocycles. The van der Waals surface area contributed by atoms with Crippen LogP contribution in [0.2, 0.25) is 0 Å². The maximum absolute atomic E-state index is 13.8. The molecule has 4 saturated carbocycles. The largest absolute Gasteiger partial charge is 0.457 e. The van der Waals surface area contributed by atoms with Gasteiger partial charge in [-0.3, -0.25) is 14.4 Å². The van der Waals surface area contributed by atoms with E-state index < -0.39 is 57.6 Å². The van der Waals surface area contributed by atoms with Gasteiger partial charge in [0.05, 0.1) is 29.1 Å². The van der Waals surface area contributed by atoms with Crippen molar-refractivity contribution in [3.63, 3.8) is 0 Å². The third-order valence-corrected chi connectivity index (χ3v) is 8.98. The molecule has 0 aromatic rings. The molecule has 2 N–H and O–H groups in total. The Bertz CT molecular complexity index is 861. The maximum Gasteiger partial charge on any atom is 0.303 e. The topological polar surface area (TPSA) is 110 Å². The van der Waals surface area contributed by atoms with Gasteiger partial charge in [-0.2, -0.15) is 0 Å². The van der Waals surface area contributed by atoms with E-state index in [1.54, 1.807) is 0 Å². The molecule has 6 rings (SSSR count). The molecular weight excluding hydrogens is 376 g/mol. The molecule has 0 unspecified atom stereocenters.